The van der Waals surface area contributed by atoms with Gasteiger partial charge < -0.3 is 9.68 Å². The Morgan fingerprint density at radius 2 is 2.11 bits per heavy atom. The largest absolute Gasteiger partial charge is 0.491 e. The van der Waals surface area contributed by atoms with Gasteiger partial charge in [-0.2, -0.15) is 0 Å². The zero-order valence-corrected chi connectivity index (χ0v) is 10.7. The third-order valence-corrected chi connectivity index (χ3v) is 3.53. The molecular formula is C14H12BClO2. The van der Waals surface area contributed by atoms with Crippen LogP contribution >= 0.6 is 11.6 Å². The monoisotopic (exact) mass is 258 g/mol. The van der Waals surface area contributed by atoms with Gasteiger partial charge in [-0.05, 0) is 35.1 Å². The topological polar surface area (TPSA) is 29.5 Å². The van der Waals surface area contributed by atoms with E-state index in [2.05, 4.69) is 6.07 Å². The third kappa shape index (κ3) is 1.95. The highest BCUT2D eigenvalue weighted by Crippen LogP contribution is 2.30. The number of aryl methyl sites for hydroxylation is 1. The van der Waals surface area contributed by atoms with Crippen LogP contribution in [-0.4, -0.2) is 12.1 Å². The molecule has 0 saturated carbocycles. The van der Waals surface area contributed by atoms with Crippen LogP contribution in [0.25, 0.3) is 11.1 Å². The molecule has 0 unspecified atom stereocenters. The van der Waals surface area contributed by atoms with E-state index in [1.165, 1.54) is 5.56 Å². The summed E-state index contributed by atoms with van der Waals surface area (Å²) >= 11 is 6.31. The van der Waals surface area contributed by atoms with Crippen LogP contribution < -0.4 is 5.46 Å². The van der Waals surface area contributed by atoms with Gasteiger partial charge in [0.1, 0.15) is 0 Å². The van der Waals surface area contributed by atoms with Gasteiger partial charge in [0.25, 0.3) is 0 Å². The van der Waals surface area contributed by atoms with Gasteiger partial charge in [0, 0.05) is 5.02 Å². The van der Waals surface area contributed by atoms with Crippen molar-refractivity contribution in [3.63, 3.8) is 0 Å². The molecule has 3 rings (SSSR count). The molecule has 0 aliphatic carbocycles. The summed E-state index contributed by atoms with van der Waals surface area (Å²) in [7, 11) is -0.833. The van der Waals surface area contributed by atoms with E-state index in [9.17, 15) is 5.02 Å². The number of halogens is 1. The standard InChI is InChI=1S/C14H12BClO2/c1-9-3-2-4-10(5-9)12-7-13-11(6-14(12)16)8-18-15(13)17/h2-7,17H,8H2,1H3. The van der Waals surface area contributed by atoms with E-state index in [0.29, 0.717) is 11.6 Å². The quantitative estimate of drug-likeness (QED) is 0.797. The smallest absolute Gasteiger partial charge is 0.423 e. The summed E-state index contributed by atoms with van der Waals surface area (Å²) in [4.78, 5) is 0. The van der Waals surface area contributed by atoms with Crippen molar-refractivity contribution in [2.45, 2.75) is 13.5 Å². The Labute approximate surface area is 111 Å². The molecule has 0 bridgehead atoms. The first kappa shape index (κ1) is 11.8. The SMILES string of the molecule is Cc1cccc(-c2cc3c(cc2Cl)COB3O)c1. The van der Waals surface area contributed by atoms with Gasteiger partial charge in [-0.15, -0.1) is 0 Å². The van der Waals surface area contributed by atoms with Crippen molar-refractivity contribution in [2.75, 3.05) is 0 Å². The minimum absolute atomic E-state index is 0.421. The second-order valence-electron chi connectivity index (χ2n) is 4.56. The summed E-state index contributed by atoms with van der Waals surface area (Å²) in [5.41, 5.74) is 4.95. The van der Waals surface area contributed by atoms with Crippen molar-refractivity contribution in [3.8, 4) is 11.1 Å². The molecule has 1 heterocycles. The molecule has 18 heavy (non-hydrogen) atoms. The Kier molecular flexibility index (Phi) is 2.90. The van der Waals surface area contributed by atoms with Crippen LogP contribution in [0.4, 0.5) is 0 Å². The first-order valence-corrected chi connectivity index (χ1v) is 6.22. The lowest BCUT2D eigenvalue weighted by molar-refractivity contribution is 0.275. The number of hydrogen-bond donors (Lipinski definition) is 1. The Morgan fingerprint density at radius 3 is 2.89 bits per heavy atom. The van der Waals surface area contributed by atoms with Crippen molar-refractivity contribution >= 4 is 24.2 Å². The molecule has 0 atom stereocenters. The van der Waals surface area contributed by atoms with E-state index in [1.54, 1.807) is 0 Å². The van der Waals surface area contributed by atoms with E-state index < -0.39 is 7.12 Å². The predicted octanol–water partition coefficient (Wildman–Crippen LogP) is 2.53. The van der Waals surface area contributed by atoms with Crippen LogP contribution in [0.15, 0.2) is 36.4 Å². The van der Waals surface area contributed by atoms with Gasteiger partial charge in [0.05, 0.1) is 6.61 Å². The molecular weight excluding hydrogens is 246 g/mol. The molecule has 4 heteroatoms. The predicted molar refractivity (Wildman–Crippen MR) is 74.0 cm³/mol. The fourth-order valence-electron chi connectivity index (χ4n) is 2.28. The van der Waals surface area contributed by atoms with Crippen molar-refractivity contribution in [1.29, 1.82) is 0 Å². The average molecular weight is 259 g/mol. The minimum Gasteiger partial charge on any atom is -0.423 e. The molecule has 0 spiro atoms. The maximum absolute atomic E-state index is 9.73. The van der Waals surface area contributed by atoms with Gasteiger partial charge in [-0.25, -0.2) is 0 Å². The molecule has 90 valence electrons. The summed E-state index contributed by atoms with van der Waals surface area (Å²) < 4.78 is 5.19. The third-order valence-electron chi connectivity index (χ3n) is 3.22. The van der Waals surface area contributed by atoms with Crippen LogP contribution in [0, 0.1) is 6.92 Å². The van der Waals surface area contributed by atoms with Crippen LogP contribution in [0.2, 0.25) is 5.02 Å². The second kappa shape index (κ2) is 4.43. The summed E-state index contributed by atoms with van der Waals surface area (Å²) in [6, 6.07) is 11.9. The number of hydrogen-bond acceptors (Lipinski definition) is 2. The van der Waals surface area contributed by atoms with Crippen molar-refractivity contribution in [2.24, 2.45) is 0 Å². The fraction of sp³-hybridized carbons (Fsp3) is 0.143. The summed E-state index contributed by atoms with van der Waals surface area (Å²) in [6.07, 6.45) is 0. The highest BCUT2D eigenvalue weighted by molar-refractivity contribution is 6.61. The maximum Gasteiger partial charge on any atom is 0.491 e. The van der Waals surface area contributed by atoms with Crippen LogP contribution in [0.5, 0.6) is 0 Å². The van der Waals surface area contributed by atoms with E-state index in [-0.39, 0.29) is 0 Å². The lowest BCUT2D eigenvalue weighted by Crippen LogP contribution is -2.28. The van der Waals surface area contributed by atoms with Crippen molar-refractivity contribution in [1.82, 2.24) is 0 Å². The molecule has 1 N–H and O–H groups in total. The molecule has 0 amide bonds. The van der Waals surface area contributed by atoms with Gasteiger partial charge in [0.2, 0.25) is 0 Å². The number of rotatable bonds is 1. The normalized spacial score (nSPS) is 13.8. The lowest BCUT2D eigenvalue weighted by Gasteiger charge is -2.08. The van der Waals surface area contributed by atoms with E-state index in [4.69, 9.17) is 16.3 Å². The molecule has 2 nitrogen and oxygen atoms in total. The second-order valence-corrected chi connectivity index (χ2v) is 4.97. The zero-order chi connectivity index (χ0) is 12.7. The van der Waals surface area contributed by atoms with Gasteiger partial charge in [-0.3, -0.25) is 0 Å². The Bertz CT molecular complexity index is 613. The average Bonchev–Trinajstić information content (AvgIpc) is 2.69. The Morgan fingerprint density at radius 1 is 1.28 bits per heavy atom. The van der Waals surface area contributed by atoms with E-state index in [1.807, 2.05) is 37.3 Å². The number of benzene rings is 2. The van der Waals surface area contributed by atoms with Gasteiger partial charge >= 0.3 is 7.12 Å². The van der Waals surface area contributed by atoms with Crippen LogP contribution in [0.1, 0.15) is 11.1 Å². The van der Waals surface area contributed by atoms with Crippen molar-refractivity contribution in [3.05, 3.63) is 52.5 Å². The summed E-state index contributed by atoms with van der Waals surface area (Å²) in [6.45, 7) is 2.47. The molecule has 2 aromatic carbocycles. The Hall–Kier alpha value is -1.29. The molecule has 0 radical (unpaired) electrons. The van der Waals surface area contributed by atoms with Crippen LogP contribution in [-0.2, 0) is 11.3 Å². The minimum atomic E-state index is -0.833. The summed E-state index contributed by atoms with van der Waals surface area (Å²) in [5, 5.41) is 10.4. The van der Waals surface area contributed by atoms with Crippen molar-refractivity contribution < 1.29 is 9.68 Å². The zero-order valence-electron chi connectivity index (χ0n) is 9.98. The fourth-order valence-corrected chi connectivity index (χ4v) is 2.57. The summed E-state index contributed by atoms with van der Waals surface area (Å²) in [5.74, 6) is 0. The first-order chi connectivity index (χ1) is 8.65. The van der Waals surface area contributed by atoms with E-state index in [0.717, 1.165) is 22.2 Å². The van der Waals surface area contributed by atoms with Crippen LogP contribution in [0.3, 0.4) is 0 Å². The molecule has 1 aliphatic rings. The number of fused-ring (bicyclic) bond motifs is 1. The molecule has 2 aromatic rings. The first-order valence-electron chi connectivity index (χ1n) is 5.84. The Balaban J connectivity index is 2.16. The maximum atomic E-state index is 9.73. The highest BCUT2D eigenvalue weighted by atomic mass is 35.5. The van der Waals surface area contributed by atoms with Gasteiger partial charge in [0.15, 0.2) is 0 Å². The van der Waals surface area contributed by atoms with E-state index >= 15 is 0 Å². The molecule has 0 fully saturated rings. The lowest BCUT2D eigenvalue weighted by atomic mass is 9.78. The van der Waals surface area contributed by atoms with Gasteiger partial charge in [-0.1, -0.05) is 47.5 Å². The highest BCUT2D eigenvalue weighted by Gasteiger charge is 2.28. The molecule has 0 saturated heterocycles. The molecule has 0 aromatic heterocycles. The molecule has 1 aliphatic heterocycles.